The molecule has 9 nitrogen and oxygen atoms in total. The van der Waals surface area contributed by atoms with Crippen LogP contribution in [0.15, 0.2) is 17.0 Å². The van der Waals surface area contributed by atoms with Crippen molar-refractivity contribution in [3.63, 3.8) is 0 Å². The molecule has 1 aromatic rings. The number of nitrogens with two attached hydrogens (primary N) is 1. The van der Waals surface area contributed by atoms with Gasteiger partial charge < -0.3 is 10.1 Å². The van der Waals surface area contributed by atoms with Gasteiger partial charge in [-0.05, 0) is 6.92 Å². The number of hydrogen-bond donors (Lipinski definition) is 2. The Morgan fingerprint density at radius 1 is 1.52 bits per heavy atom. The number of likely N-dealkylation sites (N-methyl/N-ethyl adjacent to an activating group) is 1. The van der Waals surface area contributed by atoms with Crippen LogP contribution in [0.25, 0.3) is 0 Å². The van der Waals surface area contributed by atoms with E-state index in [9.17, 15) is 27.7 Å². The van der Waals surface area contributed by atoms with E-state index in [0.717, 1.165) is 0 Å². The molecule has 0 bridgehead atoms. The van der Waals surface area contributed by atoms with Crippen molar-refractivity contribution in [2.45, 2.75) is 17.9 Å². The Hall–Kier alpha value is -2.27. The van der Waals surface area contributed by atoms with Crippen LogP contribution in [0.1, 0.15) is 6.92 Å². The molecule has 1 unspecified atom stereocenters. The summed E-state index contributed by atoms with van der Waals surface area (Å²) in [6, 6.07) is 1.03. The molecule has 0 spiro atoms. The fourth-order valence-corrected chi connectivity index (χ4v) is 2.11. The second-order valence-electron chi connectivity index (χ2n) is 3.93. The monoisotopic (exact) mass is 321 g/mol. The fraction of sp³-hybridized carbons (Fsp3) is 0.300. The van der Waals surface area contributed by atoms with Crippen molar-refractivity contribution >= 4 is 21.6 Å². The van der Waals surface area contributed by atoms with Crippen molar-refractivity contribution in [2.24, 2.45) is 5.14 Å². The summed E-state index contributed by atoms with van der Waals surface area (Å²) in [4.78, 5) is 20.0. The van der Waals surface area contributed by atoms with Crippen molar-refractivity contribution in [2.75, 3.05) is 7.05 Å². The molecule has 1 amide bonds. The minimum absolute atomic E-state index is 0.473. The highest BCUT2D eigenvalue weighted by Gasteiger charge is 2.27. The summed E-state index contributed by atoms with van der Waals surface area (Å²) in [5.74, 6) is -2.81. The Kier molecular flexibility index (Phi) is 4.80. The summed E-state index contributed by atoms with van der Waals surface area (Å²) in [6.45, 7) is 1.24. The maximum atomic E-state index is 13.8. The Labute approximate surface area is 119 Å². The third-order valence-electron chi connectivity index (χ3n) is 2.42. The SMILES string of the molecule is CNC(=O)C(C)Oc1c(F)cc([N+](=O)[O-])cc1S(N)(=O)=O. The molecule has 1 aromatic carbocycles. The van der Waals surface area contributed by atoms with Crippen LogP contribution in [0.3, 0.4) is 0 Å². The van der Waals surface area contributed by atoms with E-state index in [2.05, 4.69) is 5.32 Å². The highest BCUT2D eigenvalue weighted by Crippen LogP contribution is 2.31. The predicted molar refractivity (Wildman–Crippen MR) is 68.6 cm³/mol. The van der Waals surface area contributed by atoms with Gasteiger partial charge in [0.15, 0.2) is 17.7 Å². The van der Waals surface area contributed by atoms with Gasteiger partial charge in [0.2, 0.25) is 10.0 Å². The molecule has 0 heterocycles. The first-order valence-electron chi connectivity index (χ1n) is 5.47. The number of primary sulfonamides is 1. The molecule has 0 aliphatic rings. The molecule has 0 saturated heterocycles. The van der Waals surface area contributed by atoms with Crippen LogP contribution in [0.2, 0.25) is 0 Å². The number of nitrogens with zero attached hydrogens (tertiary/aromatic N) is 1. The summed E-state index contributed by atoms with van der Waals surface area (Å²) in [6.07, 6.45) is -1.23. The average molecular weight is 321 g/mol. The van der Waals surface area contributed by atoms with Crippen LogP contribution in [-0.2, 0) is 14.8 Å². The molecule has 116 valence electrons. The first-order valence-corrected chi connectivity index (χ1v) is 7.01. The lowest BCUT2D eigenvalue weighted by molar-refractivity contribution is -0.385. The second-order valence-corrected chi connectivity index (χ2v) is 5.46. The number of sulfonamides is 1. The van der Waals surface area contributed by atoms with E-state index in [1.165, 1.54) is 14.0 Å². The summed E-state index contributed by atoms with van der Waals surface area (Å²) >= 11 is 0. The lowest BCUT2D eigenvalue weighted by Crippen LogP contribution is -2.34. The highest BCUT2D eigenvalue weighted by molar-refractivity contribution is 7.89. The van der Waals surface area contributed by atoms with Crippen molar-refractivity contribution in [1.29, 1.82) is 0 Å². The van der Waals surface area contributed by atoms with Gasteiger partial charge in [0.05, 0.1) is 11.0 Å². The molecule has 0 radical (unpaired) electrons. The van der Waals surface area contributed by atoms with Crippen LogP contribution < -0.4 is 15.2 Å². The van der Waals surface area contributed by atoms with Crippen molar-refractivity contribution in [3.8, 4) is 5.75 Å². The number of amides is 1. The summed E-state index contributed by atoms with van der Waals surface area (Å²) in [7, 11) is -3.19. The van der Waals surface area contributed by atoms with Gasteiger partial charge in [0, 0.05) is 13.1 Å². The molecule has 0 aliphatic carbocycles. The van der Waals surface area contributed by atoms with Gasteiger partial charge in [-0.2, -0.15) is 0 Å². The zero-order valence-corrected chi connectivity index (χ0v) is 11.8. The molecule has 3 N–H and O–H groups in total. The Balaban J connectivity index is 3.44. The average Bonchev–Trinajstić information content (AvgIpc) is 2.37. The third kappa shape index (κ3) is 3.86. The van der Waals surface area contributed by atoms with Crippen LogP contribution >= 0.6 is 0 Å². The zero-order chi connectivity index (χ0) is 16.4. The maximum absolute atomic E-state index is 13.8. The van der Waals surface area contributed by atoms with E-state index in [4.69, 9.17) is 9.88 Å². The Bertz CT molecular complexity index is 690. The zero-order valence-electron chi connectivity index (χ0n) is 11.0. The number of rotatable bonds is 5. The van der Waals surface area contributed by atoms with Crippen LogP contribution in [0.5, 0.6) is 5.75 Å². The molecule has 0 aromatic heterocycles. The largest absolute Gasteiger partial charge is 0.476 e. The van der Waals surface area contributed by atoms with E-state index in [1.54, 1.807) is 0 Å². The molecule has 11 heteroatoms. The van der Waals surface area contributed by atoms with E-state index in [1.807, 2.05) is 0 Å². The molecule has 0 saturated carbocycles. The fourth-order valence-electron chi connectivity index (χ4n) is 1.42. The van der Waals surface area contributed by atoms with Gasteiger partial charge in [0.25, 0.3) is 11.6 Å². The van der Waals surface area contributed by atoms with Crippen LogP contribution in [0, 0.1) is 15.9 Å². The molecule has 0 fully saturated rings. The van der Waals surface area contributed by atoms with Gasteiger partial charge in [0.1, 0.15) is 4.90 Å². The Morgan fingerprint density at radius 3 is 2.52 bits per heavy atom. The maximum Gasteiger partial charge on any atom is 0.274 e. The molecule has 1 atom stereocenters. The van der Waals surface area contributed by atoms with E-state index < -0.39 is 49.1 Å². The number of carbonyl (C=O) groups is 1. The van der Waals surface area contributed by atoms with Crippen LogP contribution in [0.4, 0.5) is 10.1 Å². The second kappa shape index (κ2) is 6.01. The van der Waals surface area contributed by atoms with Gasteiger partial charge in [-0.25, -0.2) is 17.9 Å². The standard InChI is InChI=1S/C10H12FN3O6S/c1-5(10(15)13-2)20-9-7(11)3-6(14(16)17)4-8(9)21(12,18)19/h3-5H,1-2H3,(H,13,15)(H2,12,18,19). The molecule has 21 heavy (non-hydrogen) atoms. The van der Waals surface area contributed by atoms with E-state index in [-0.39, 0.29) is 0 Å². The number of hydrogen-bond acceptors (Lipinski definition) is 6. The highest BCUT2D eigenvalue weighted by atomic mass is 32.2. The number of ether oxygens (including phenoxy) is 1. The quantitative estimate of drug-likeness (QED) is 0.572. The van der Waals surface area contributed by atoms with Crippen LogP contribution in [-0.4, -0.2) is 32.4 Å². The summed E-state index contributed by atoms with van der Waals surface area (Å²) in [5.41, 5.74) is -0.809. The first kappa shape index (κ1) is 16.8. The summed E-state index contributed by atoms with van der Waals surface area (Å²) in [5, 5.41) is 17.7. The van der Waals surface area contributed by atoms with E-state index in [0.29, 0.717) is 12.1 Å². The van der Waals surface area contributed by atoms with Gasteiger partial charge >= 0.3 is 0 Å². The minimum atomic E-state index is -4.49. The minimum Gasteiger partial charge on any atom is -0.476 e. The third-order valence-corrected chi connectivity index (χ3v) is 3.34. The molecule has 0 aliphatic heterocycles. The smallest absolute Gasteiger partial charge is 0.274 e. The number of nitro benzene ring substituents is 1. The number of nitro groups is 1. The Morgan fingerprint density at radius 2 is 2.10 bits per heavy atom. The molecular weight excluding hydrogens is 309 g/mol. The lowest BCUT2D eigenvalue weighted by atomic mass is 10.3. The number of non-ortho nitro benzene ring substituents is 1. The molecular formula is C10H12FN3O6S. The normalized spacial score (nSPS) is 12.6. The van der Waals surface area contributed by atoms with E-state index >= 15 is 0 Å². The van der Waals surface area contributed by atoms with Gasteiger partial charge in [-0.1, -0.05) is 0 Å². The summed E-state index contributed by atoms with van der Waals surface area (Å²) < 4.78 is 41.6. The molecule has 1 rings (SSSR count). The van der Waals surface area contributed by atoms with Crippen molar-refractivity contribution < 1.29 is 27.3 Å². The number of halogens is 1. The van der Waals surface area contributed by atoms with Gasteiger partial charge in [-0.3, -0.25) is 14.9 Å². The topological polar surface area (TPSA) is 142 Å². The van der Waals surface area contributed by atoms with Gasteiger partial charge in [-0.15, -0.1) is 0 Å². The number of carbonyl (C=O) groups excluding carboxylic acids is 1. The van der Waals surface area contributed by atoms with Crippen molar-refractivity contribution in [3.05, 3.63) is 28.1 Å². The lowest BCUT2D eigenvalue weighted by Gasteiger charge is -2.16. The number of benzene rings is 1. The van der Waals surface area contributed by atoms with Crippen molar-refractivity contribution in [1.82, 2.24) is 5.32 Å². The first-order chi connectivity index (χ1) is 9.57. The number of nitrogens with one attached hydrogen (secondary N) is 1. The predicted octanol–water partition coefficient (Wildman–Crippen LogP) is -0.105.